The van der Waals surface area contributed by atoms with E-state index in [1.165, 1.54) is 25.0 Å². The maximum absolute atomic E-state index is 15.3. The molecule has 0 unspecified atom stereocenters. The van der Waals surface area contributed by atoms with Crippen LogP contribution in [0.25, 0.3) is 55.8 Å². The molecule has 2 aromatic carbocycles. The van der Waals surface area contributed by atoms with E-state index in [1.807, 2.05) is 12.1 Å². The summed E-state index contributed by atoms with van der Waals surface area (Å²) in [5.74, 6) is 0.0712. The van der Waals surface area contributed by atoms with E-state index in [4.69, 9.17) is 0 Å². The molecule has 1 saturated carbocycles. The predicted molar refractivity (Wildman–Crippen MR) is 152 cm³/mol. The van der Waals surface area contributed by atoms with Crippen LogP contribution in [-0.4, -0.2) is 30.1 Å². The van der Waals surface area contributed by atoms with Crippen LogP contribution in [0.5, 0.6) is 0 Å². The van der Waals surface area contributed by atoms with Crippen molar-refractivity contribution >= 4 is 27.8 Å². The minimum atomic E-state index is -0.468. The zero-order valence-corrected chi connectivity index (χ0v) is 21.5. The first kappa shape index (κ1) is 24.1. The van der Waals surface area contributed by atoms with Crippen molar-refractivity contribution in [3.05, 3.63) is 91.0 Å². The van der Waals surface area contributed by atoms with Gasteiger partial charge >= 0.3 is 0 Å². The zero-order chi connectivity index (χ0) is 27.2. The molecule has 0 saturated heterocycles. The quantitative estimate of drug-likeness (QED) is 0.205. The summed E-state index contributed by atoms with van der Waals surface area (Å²) in [4.78, 5) is 16.6. The number of fused-ring (bicyclic) bond motifs is 2. The number of halogens is 2. The van der Waals surface area contributed by atoms with E-state index in [0.29, 0.717) is 50.7 Å². The number of aromatic nitrogens is 6. The van der Waals surface area contributed by atoms with Crippen molar-refractivity contribution in [2.24, 2.45) is 5.92 Å². The highest BCUT2D eigenvalue weighted by Crippen LogP contribution is 2.35. The Morgan fingerprint density at radius 3 is 2.65 bits per heavy atom. The van der Waals surface area contributed by atoms with Gasteiger partial charge in [0.05, 0.1) is 17.4 Å². The topological polar surface area (TPSA) is 95.2 Å². The Kier molecular flexibility index (Phi) is 5.84. The third-order valence-corrected chi connectivity index (χ3v) is 7.63. The number of H-pyrrole nitrogens is 2. The monoisotopic (exact) mass is 533 g/mol. The predicted octanol–water partition coefficient (Wildman–Crippen LogP) is 7.62. The SMILES string of the molecule is C=C(Nc1cncc(-c2cc(F)c3n[nH]c(-c4nc5nccc(-c6ccccc6F)c5[nH]4)c3c2)c1)C1CCCC1. The van der Waals surface area contributed by atoms with Gasteiger partial charge in [-0.25, -0.2) is 18.7 Å². The van der Waals surface area contributed by atoms with Crippen LogP contribution in [-0.2, 0) is 0 Å². The Labute approximate surface area is 228 Å². The Morgan fingerprint density at radius 2 is 1.80 bits per heavy atom. The molecule has 9 heteroatoms. The molecule has 4 heterocycles. The fourth-order valence-corrected chi connectivity index (χ4v) is 5.58. The minimum absolute atomic E-state index is 0.193. The second-order valence-corrected chi connectivity index (χ2v) is 10.2. The van der Waals surface area contributed by atoms with Gasteiger partial charge in [0, 0.05) is 40.2 Å². The molecule has 1 aliphatic carbocycles. The lowest BCUT2D eigenvalue weighted by Gasteiger charge is -2.16. The normalized spacial score (nSPS) is 13.8. The van der Waals surface area contributed by atoms with Crippen LogP contribution >= 0.6 is 0 Å². The van der Waals surface area contributed by atoms with Crippen LogP contribution in [0.15, 0.2) is 79.4 Å². The van der Waals surface area contributed by atoms with Gasteiger partial charge in [0.2, 0.25) is 0 Å². The average Bonchev–Trinajstić information content (AvgIpc) is 3.73. The number of anilines is 1. The van der Waals surface area contributed by atoms with Crippen molar-refractivity contribution in [3.8, 4) is 33.8 Å². The number of allylic oxidation sites excluding steroid dienone is 1. The molecule has 6 aromatic rings. The van der Waals surface area contributed by atoms with Gasteiger partial charge in [0.25, 0.3) is 0 Å². The maximum Gasteiger partial charge on any atom is 0.178 e. The van der Waals surface area contributed by atoms with Crippen LogP contribution in [0.2, 0.25) is 0 Å². The van der Waals surface area contributed by atoms with Crippen LogP contribution in [0.1, 0.15) is 25.7 Å². The van der Waals surface area contributed by atoms with E-state index in [9.17, 15) is 4.39 Å². The zero-order valence-electron chi connectivity index (χ0n) is 21.5. The highest BCUT2D eigenvalue weighted by Gasteiger charge is 2.20. The number of aromatic amines is 2. The van der Waals surface area contributed by atoms with E-state index < -0.39 is 5.82 Å². The number of nitrogens with one attached hydrogen (secondary N) is 3. The summed E-state index contributed by atoms with van der Waals surface area (Å²) in [6.07, 6.45) is 9.77. The molecule has 0 bridgehead atoms. The molecular formula is C31H25F2N7. The average molecular weight is 534 g/mol. The van der Waals surface area contributed by atoms with Crippen LogP contribution in [0.4, 0.5) is 14.5 Å². The van der Waals surface area contributed by atoms with Gasteiger partial charge in [0.15, 0.2) is 17.3 Å². The van der Waals surface area contributed by atoms with E-state index in [-0.39, 0.29) is 11.3 Å². The molecule has 1 aliphatic rings. The maximum atomic E-state index is 15.3. The number of hydrogen-bond acceptors (Lipinski definition) is 5. The molecule has 0 radical (unpaired) electrons. The number of imidazole rings is 1. The van der Waals surface area contributed by atoms with Crippen molar-refractivity contribution in [2.45, 2.75) is 25.7 Å². The lowest BCUT2D eigenvalue weighted by atomic mass is 10.0. The number of hydrogen-bond donors (Lipinski definition) is 3. The lowest BCUT2D eigenvalue weighted by molar-refractivity contribution is 0.631. The first-order valence-corrected chi connectivity index (χ1v) is 13.2. The van der Waals surface area contributed by atoms with Crippen molar-refractivity contribution in [1.82, 2.24) is 30.1 Å². The molecule has 0 atom stereocenters. The molecule has 0 spiro atoms. The molecule has 3 N–H and O–H groups in total. The molecule has 4 aromatic heterocycles. The van der Waals surface area contributed by atoms with E-state index in [1.54, 1.807) is 42.9 Å². The third-order valence-electron chi connectivity index (χ3n) is 7.63. The summed E-state index contributed by atoms with van der Waals surface area (Å²) < 4.78 is 29.9. The van der Waals surface area contributed by atoms with Gasteiger partial charge in [0.1, 0.15) is 17.0 Å². The number of benzene rings is 2. The highest BCUT2D eigenvalue weighted by molar-refractivity contribution is 5.97. The molecular weight excluding hydrogens is 508 g/mol. The molecule has 0 amide bonds. The Bertz CT molecular complexity index is 1900. The van der Waals surface area contributed by atoms with Gasteiger partial charge in [-0.1, -0.05) is 37.6 Å². The fraction of sp³-hybridized carbons (Fsp3) is 0.161. The van der Waals surface area contributed by atoms with Crippen molar-refractivity contribution < 1.29 is 8.78 Å². The lowest BCUT2D eigenvalue weighted by Crippen LogP contribution is -2.07. The van der Waals surface area contributed by atoms with Crippen molar-refractivity contribution in [1.29, 1.82) is 0 Å². The molecule has 198 valence electrons. The van der Waals surface area contributed by atoms with Gasteiger partial charge in [-0.15, -0.1) is 0 Å². The first-order valence-electron chi connectivity index (χ1n) is 13.2. The number of pyridine rings is 2. The molecule has 7 rings (SSSR count). The second-order valence-electron chi connectivity index (χ2n) is 10.2. The summed E-state index contributed by atoms with van der Waals surface area (Å²) >= 11 is 0. The van der Waals surface area contributed by atoms with Gasteiger partial charge in [-0.3, -0.25) is 10.1 Å². The van der Waals surface area contributed by atoms with Crippen LogP contribution < -0.4 is 5.32 Å². The Hall–Kier alpha value is -4.92. The number of rotatable bonds is 6. The highest BCUT2D eigenvalue weighted by atomic mass is 19.1. The smallest absolute Gasteiger partial charge is 0.178 e. The van der Waals surface area contributed by atoms with Crippen LogP contribution in [0.3, 0.4) is 0 Å². The van der Waals surface area contributed by atoms with E-state index >= 15 is 4.39 Å². The Balaban J connectivity index is 1.28. The standard InChI is InChI=1S/C31H25F2N7/c1-17(18-6-2-3-7-18)36-21-12-20(15-34-16-21)19-13-24-27(26(33)14-19)39-40-29(24)31-37-28-23(10-11-35-30(28)38-31)22-8-4-5-9-25(22)32/h4-5,8-16,18,36H,1-3,6-7H2,(H,39,40)(H,35,37,38). The molecule has 0 aliphatic heterocycles. The summed E-state index contributed by atoms with van der Waals surface area (Å²) in [6, 6.07) is 13.5. The van der Waals surface area contributed by atoms with E-state index in [2.05, 4.69) is 42.0 Å². The summed E-state index contributed by atoms with van der Waals surface area (Å²) in [5.41, 5.74) is 5.96. The van der Waals surface area contributed by atoms with Gasteiger partial charge in [-0.2, -0.15) is 5.10 Å². The first-order chi connectivity index (χ1) is 19.5. The molecule has 1 fully saturated rings. The summed E-state index contributed by atoms with van der Waals surface area (Å²) in [6.45, 7) is 4.23. The van der Waals surface area contributed by atoms with Crippen molar-refractivity contribution in [2.75, 3.05) is 5.32 Å². The summed E-state index contributed by atoms with van der Waals surface area (Å²) in [7, 11) is 0. The van der Waals surface area contributed by atoms with E-state index in [0.717, 1.165) is 29.8 Å². The largest absolute Gasteiger partial charge is 0.358 e. The number of nitrogens with zero attached hydrogens (tertiary/aromatic N) is 4. The van der Waals surface area contributed by atoms with Gasteiger partial charge in [-0.05, 0) is 54.7 Å². The molecule has 7 nitrogen and oxygen atoms in total. The van der Waals surface area contributed by atoms with Gasteiger partial charge < -0.3 is 10.3 Å². The van der Waals surface area contributed by atoms with Crippen LogP contribution in [0, 0.1) is 17.6 Å². The third kappa shape index (κ3) is 4.20. The molecule has 40 heavy (non-hydrogen) atoms. The Morgan fingerprint density at radius 1 is 0.950 bits per heavy atom. The summed E-state index contributed by atoms with van der Waals surface area (Å²) in [5, 5.41) is 11.1. The second kappa shape index (κ2) is 9.68. The fourth-order valence-electron chi connectivity index (χ4n) is 5.58. The minimum Gasteiger partial charge on any atom is -0.358 e. The van der Waals surface area contributed by atoms with Crippen molar-refractivity contribution in [3.63, 3.8) is 0 Å².